The van der Waals surface area contributed by atoms with Crippen LogP contribution >= 0.6 is 0 Å². The van der Waals surface area contributed by atoms with Crippen LogP contribution in [0.3, 0.4) is 0 Å². The number of methoxy groups -OCH3 is 1. The number of nitro groups is 1. The smallest absolute Gasteiger partial charge is 0.313 e. The summed E-state index contributed by atoms with van der Waals surface area (Å²) in [6.45, 7) is 0. The Balaban J connectivity index is 2.72. The monoisotopic (exact) mass is 192 g/mol. The van der Waals surface area contributed by atoms with Gasteiger partial charge >= 0.3 is 5.69 Å². The van der Waals surface area contributed by atoms with E-state index in [2.05, 4.69) is 4.98 Å². The maximum atomic E-state index is 10.7. The number of H-pyrrole nitrogens is 1. The first-order valence-corrected chi connectivity index (χ1v) is 4.02. The predicted octanol–water partition coefficient (Wildman–Crippen LogP) is 2.08. The molecule has 0 fully saturated rings. The van der Waals surface area contributed by atoms with E-state index in [-0.39, 0.29) is 11.4 Å². The van der Waals surface area contributed by atoms with Gasteiger partial charge in [-0.1, -0.05) is 0 Å². The van der Waals surface area contributed by atoms with Crippen LogP contribution in [-0.4, -0.2) is 17.0 Å². The molecule has 5 heteroatoms. The number of nitrogens with one attached hydrogen (secondary N) is 1. The third-order valence-electron chi connectivity index (χ3n) is 2.05. The van der Waals surface area contributed by atoms with Crippen LogP contribution in [0.1, 0.15) is 0 Å². The molecule has 0 saturated heterocycles. The molecular formula is C9H8N2O3. The zero-order chi connectivity index (χ0) is 10.1. The summed E-state index contributed by atoms with van der Waals surface area (Å²) >= 11 is 0. The molecule has 0 aliphatic carbocycles. The van der Waals surface area contributed by atoms with Crippen LogP contribution in [0.15, 0.2) is 24.4 Å². The Morgan fingerprint density at radius 3 is 2.93 bits per heavy atom. The molecule has 1 aromatic carbocycles. The Labute approximate surface area is 79.5 Å². The van der Waals surface area contributed by atoms with Gasteiger partial charge < -0.3 is 9.72 Å². The SMILES string of the molecule is COc1cc2cc[nH]c2cc1[N+](=O)[O-]. The lowest BCUT2D eigenvalue weighted by Gasteiger charge is -2.00. The van der Waals surface area contributed by atoms with Crippen LogP contribution in [0.4, 0.5) is 5.69 Å². The Kier molecular flexibility index (Phi) is 1.85. The number of ether oxygens (including phenoxy) is 1. The van der Waals surface area contributed by atoms with Crippen molar-refractivity contribution in [3.05, 3.63) is 34.5 Å². The molecule has 2 aromatic rings. The van der Waals surface area contributed by atoms with Gasteiger partial charge in [0.1, 0.15) is 0 Å². The number of fused-ring (bicyclic) bond motifs is 1. The second-order valence-corrected chi connectivity index (χ2v) is 2.85. The fraction of sp³-hybridized carbons (Fsp3) is 0.111. The molecule has 0 aliphatic rings. The Morgan fingerprint density at radius 1 is 1.50 bits per heavy atom. The third-order valence-corrected chi connectivity index (χ3v) is 2.05. The molecule has 1 heterocycles. The summed E-state index contributed by atoms with van der Waals surface area (Å²) in [7, 11) is 1.42. The maximum Gasteiger partial charge on any atom is 0.313 e. The quantitative estimate of drug-likeness (QED) is 0.585. The van der Waals surface area contributed by atoms with Crippen molar-refractivity contribution in [1.82, 2.24) is 4.98 Å². The van der Waals surface area contributed by atoms with Gasteiger partial charge in [0.05, 0.1) is 17.5 Å². The average molecular weight is 192 g/mol. The summed E-state index contributed by atoms with van der Waals surface area (Å²) in [6, 6.07) is 4.94. The Bertz CT molecular complexity index is 490. The summed E-state index contributed by atoms with van der Waals surface area (Å²) < 4.78 is 4.93. The molecule has 14 heavy (non-hydrogen) atoms. The fourth-order valence-electron chi connectivity index (χ4n) is 1.37. The first-order chi connectivity index (χ1) is 6.72. The van der Waals surface area contributed by atoms with Crippen molar-refractivity contribution in [2.75, 3.05) is 7.11 Å². The first-order valence-electron chi connectivity index (χ1n) is 4.02. The third kappa shape index (κ3) is 1.19. The molecule has 0 spiro atoms. The van der Waals surface area contributed by atoms with Crippen molar-refractivity contribution in [1.29, 1.82) is 0 Å². The van der Waals surface area contributed by atoms with Crippen LogP contribution in [-0.2, 0) is 0 Å². The van der Waals surface area contributed by atoms with Crippen LogP contribution < -0.4 is 4.74 Å². The summed E-state index contributed by atoms with van der Waals surface area (Å²) in [5, 5.41) is 11.6. The summed E-state index contributed by atoms with van der Waals surface area (Å²) in [4.78, 5) is 13.1. The van der Waals surface area contributed by atoms with Gasteiger partial charge in [0.2, 0.25) is 0 Å². The molecule has 0 radical (unpaired) electrons. The highest BCUT2D eigenvalue weighted by Crippen LogP contribution is 2.31. The van der Waals surface area contributed by atoms with Crippen molar-refractivity contribution < 1.29 is 9.66 Å². The standard InChI is InChI=1S/C9H8N2O3/c1-14-9-4-6-2-3-10-7(6)5-8(9)11(12)13/h2-5,10H,1H3. The second-order valence-electron chi connectivity index (χ2n) is 2.85. The van der Waals surface area contributed by atoms with Crippen molar-refractivity contribution in [3.8, 4) is 5.75 Å². The molecular weight excluding hydrogens is 184 g/mol. The number of rotatable bonds is 2. The molecule has 1 N–H and O–H groups in total. The van der Waals surface area contributed by atoms with Gasteiger partial charge in [0, 0.05) is 17.6 Å². The topological polar surface area (TPSA) is 68.2 Å². The number of nitrogens with zero attached hydrogens (tertiary/aromatic N) is 1. The Hall–Kier alpha value is -2.04. The number of hydrogen-bond acceptors (Lipinski definition) is 3. The van der Waals surface area contributed by atoms with E-state index in [0.717, 1.165) is 10.9 Å². The van der Waals surface area contributed by atoms with Gasteiger partial charge in [-0.3, -0.25) is 10.1 Å². The summed E-state index contributed by atoms with van der Waals surface area (Å²) in [5.74, 6) is 0.280. The summed E-state index contributed by atoms with van der Waals surface area (Å²) in [6.07, 6.45) is 1.73. The largest absolute Gasteiger partial charge is 0.490 e. The molecule has 72 valence electrons. The summed E-state index contributed by atoms with van der Waals surface area (Å²) in [5.41, 5.74) is 0.708. The van der Waals surface area contributed by atoms with Crippen LogP contribution in [0.25, 0.3) is 10.9 Å². The molecule has 0 bridgehead atoms. The molecule has 1 aromatic heterocycles. The number of benzene rings is 1. The van der Waals surface area contributed by atoms with E-state index in [1.807, 2.05) is 6.07 Å². The lowest BCUT2D eigenvalue weighted by atomic mass is 10.2. The zero-order valence-corrected chi connectivity index (χ0v) is 7.48. The molecule has 0 amide bonds. The van der Waals surface area contributed by atoms with E-state index < -0.39 is 4.92 Å². The average Bonchev–Trinajstić information content (AvgIpc) is 2.62. The lowest BCUT2D eigenvalue weighted by Crippen LogP contribution is -1.93. The Morgan fingerprint density at radius 2 is 2.29 bits per heavy atom. The van der Waals surface area contributed by atoms with E-state index in [1.54, 1.807) is 12.3 Å². The molecule has 0 unspecified atom stereocenters. The highest BCUT2D eigenvalue weighted by molar-refractivity contribution is 5.84. The van der Waals surface area contributed by atoms with Gasteiger partial charge in [-0.2, -0.15) is 0 Å². The lowest BCUT2D eigenvalue weighted by molar-refractivity contribution is -0.385. The van der Waals surface area contributed by atoms with E-state index >= 15 is 0 Å². The van der Waals surface area contributed by atoms with Gasteiger partial charge in [-0.25, -0.2) is 0 Å². The zero-order valence-electron chi connectivity index (χ0n) is 7.48. The maximum absolute atomic E-state index is 10.7. The molecule has 0 aliphatic heterocycles. The number of nitro benzene ring substituents is 1. The van der Waals surface area contributed by atoms with E-state index in [0.29, 0.717) is 0 Å². The number of hydrogen-bond donors (Lipinski definition) is 1. The van der Waals surface area contributed by atoms with Crippen molar-refractivity contribution >= 4 is 16.6 Å². The van der Waals surface area contributed by atoms with Crippen LogP contribution in [0.2, 0.25) is 0 Å². The van der Waals surface area contributed by atoms with Crippen molar-refractivity contribution in [2.45, 2.75) is 0 Å². The van der Waals surface area contributed by atoms with Gasteiger partial charge in [0.15, 0.2) is 5.75 Å². The molecule has 2 rings (SSSR count). The van der Waals surface area contributed by atoms with Gasteiger partial charge in [-0.05, 0) is 12.1 Å². The molecule has 0 atom stereocenters. The highest BCUT2D eigenvalue weighted by atomic mass is 16.6. The van der Waals surface area contributed by atoms with Crippen molar-refractivity contribution in [3.63, 3.8) is 0 Å². The molecule has 5 nitrogen and oxygen atoms in total. The minimum Gasteiger partial charge on any atom is -0.490 e. The predicted molar refractivity (Wildman–Crippen MR) is 51.5 cm³/mol. The number of aromatic amines is 1. The van der Waals surface area contributed by atoms with Crippen molar-refractivity contribution in [2.24, 2.45) is 0 Å². The van der Waals surface area contributed by atoms with E-state index in [9.17, 15) is 10.1 Å². The molecule has 0 saturated carbocycles. The minimum atomic E-state index is -0.459. The normalized spacial score (nSPS) is 10.4. The highest BCUT2D eigenvalue weighted by Gasteiger charge is 2.15. The first kappa shape index (κ1) is 8.55. The van der Waals surface area contributed by atoms with Crippen LogP contribution in [0.5, 0.6) is 5.75 Å². The van der Waals surface area contributed by atoms with Gasteiger partial charge in [0.25, 0.3) is 0 Å². The van der Waals surface area contributed by atoms with E-state index in [4.69, 9.17) is 4.74 Å². The van der Waals surface area contributed by atoms with Gasteiger partial charge in [-0.15, -0.1) is 0 Å². The number of aromatic nitrogens is 1. The van der Waals surface area contributed by atoms with Crippen LogP contribution in [0, 0.1) is 10.1 Å². The minimum absolute atomic E-state index is 0.0255. The second kappa shape index (κ2) is 3.02. The van der Waals surface area contributed by atoms with E-state index in [1.165, 1.54) is 13.2 Å². The fourth-order valence-corrected chi connectivity index (χ4v) is 1.37.